The van der Waals surface area contributed by atoms with Crippen LogP contribution in [0, 0.1) is 0 Å². The van der Waals surface area contributed by atoms with Crippen molar-refractivity contribution in [3.8, 4) is 5.75 Å². The number of H-pyrrole nitrogens is 1. The van der Waals surface area contributed by atoms with Crippen LogP contribution in [-0.2, 0) is 12.8 Å². The van der Waals surface area contributed by atoms with Crippen molar-refractivity contribution in [1.29, 1.82) is 0 Å². The van der Waals surface area contributed by atoms with E-state index in [0.29, 0.717) is 22.7 Å². The molecule has 4 rings (SSSR count). The molecule has 2 heterocycles. The van der Waals surface area contributed by atoms with Gasteiger partial charge in [-0.15, -0.1) is 0 Å². The van der Waals surface area contributed by atoms with Gasteiger partial charge in [-0.2, -0.15) is 4.98 Å². The Morgan fingerprint density at radius 1 is 1.26 bits per heavy atom. The Balaban J connectivity index is 1.81. The highest BCUT2D eigenvalue weighted by Crippen LogP contribution is 2.28. The number of aromatic amines is 1. The van der Waals surface area contributed by atoms with Crippen molar-refractivity contribution < 1.29 is 4.74 Å². The Morgan fingerprint density at radius 2 is 2.13 bits per heavy atom. The summed E-state index contributed by atoms with van der Waals surface area (Å²) in [7, 11) is 1.60. The second-order valence-corrected chi connectivity index (χ2v) is 5.55. The van der Waals surface area contributed by atoms with E-state index in [2.05, 4.69) is 20.3 Å². The molecule has 0 aliphatic heterocycles. The molecule has 1 aliphatic rings. The third-order valence-electron chi connectivity index (χ3n) is 4.17. The van der Waals surface area contributed by atoms with Gasteiger partial charge in [-0.1, -0.05) is 12.1 Å². The lowest BCUT2D eigenvalue weighted by atomic mass is 10.1. The smallest absolute Gasteiger partial charge is 0.262 e. The number of rotatable bonds is 3. The van der Waals surface area contributed by atoms with Crippen molar-refractivity contribution in [1.82, 2.24) is 15.0 Å². The van der Waals surface area contributed by atoms with Crippen LogP contribution in [0.25, 0.3) is 11.0 Å². The normalized spacial score (nSPS) is 13.1. The zero-order valence-electron chi connectivity index (χ0n) is 12.7. The van der Waals surface area contributed by atoms with Crippen LogP contribution < -0.4 is 15.6 Å². The molecule has 1 aromatic carbocycles. The van der Waals surface area contributed by atoms with Crippen molar-refractivity contribution in [3.05, 3.63) is 51.9 Å². The molecule has 0 radical (unpaired) electrons. The van der Waals surface area contributed by atoms with E-state index in [-0.39, 0.29) is 5.56 Å². The summed E-state index contributed by atoms with van der Waals surface area (Å²) in [5, 5.41) is 3.71. The molecule has 0 unspecified atom stereocenters. The Hall–Kier alpha value is -2.89. The minimum absolute atomic E-state index is 0.154. The van der Waals surface area contributed by atoms with E-state index in [1.807, 2.05) is 30.5 Å². The van der Waals surface area contributed by atoms with Crippen LogP contribution in [0.2, 0.25) is 0 Å². The van der Waals surface area contributed by atoms with Crippen molar-refractivity contribution in [2.45, 2.75) is 19.3 Å². The fourth-order valence-electron chi connectivity index (χ4n) is 3.10. The van der Waals surface area contributed by atoms with Crippen LogP contribution in [0.4, 0.5) is 11.6 Å². The quantitative estimate of drug-likeness (QED) is 0.777. The van der Waals surface area contributed by atoms with Crippen LogP contribution in [0.15, 0.2) is 35.3 Å². The molecule has 0 fully saturated rings. The van der Waals surface area contributed by atoms with Gasteiger partial charge >= 0.3 is 0 Å². The van der Waals surface area contributed by atoms with Gasteiger partial charge in [0.25, 0.3) is 5.56 Å². The number of aryl methyl sites for hydroxylation is 2. The van der Waals surface area contributed by atoms with Crippen molar-refractivity contribution in [2.75, 3.05) is 12.4 Å². The number of benzene rings is 1. The number of methoxy groups -OCH3 is 1. The highest BCUT2D eigenvalue weighted by molar-refractivity contribution is 5.80. The van der Waals surface area contributed by atoms with Crippen LogP contribution in [0.3, 0.4) is 0 Å². The fourth-order valence-corrected chi connectivity index (χ4v) is 3.10. The zero-order valence-corrected chi connectivity index (χ0v) is 12.7. The van der Waals surface area contributed by atoms with Gasteiger partial charge in [0.15, 0.2) is 5.65 Å². The summed E-state index contributed by atoms with van der Waals surface area (Å²) in [6.07, 6.45) is 4.80. The number of pyridine rings is 1. The predicted molar refractivity (Wildman–Crippen MR) is 88.5 cm³/mol. The van der Waals surface area contributed by atoms with Gasteiger partial charge < -0.3 is 10.1 Å². The van der Waals surface area contributed by atoms with Crippen molar-refractivity contribution >= 4 is 22.7 Å². The number of hydrogen-bond donors (Lipinski definition) is 2. The number of anilines is 2. The summed E-state index contributed by atoms with van der Waals surface area (Å²) >= 11 is 0. The van der Waals surface area contributed by atoms with E-state index in [0.717, 1.165) is 36.1 Å². The van der Waals surface area contributed by atoms with Gasteiger partial charge in [0, 0.05) is 6.20 Å². The number of nitrogens with zero attached hydrogens (tertiary/aromatic N) is 2. The average Bonchev–Trinajstić information content (AvgIpc) is 3.03. The van der Waals surface area contributed by atoms with E-state index in [1.54, 1.807) is 7.11 Å². The third kappa shape index (κ3) is 2.32. The molecule has 0 saturated heterocycles. The topological polar surface area (TPSA) is 79.9 Å². The summed E-state index contributed by atoms with van der Waals surface area (Å²) in [5.74, 6) is 1.04. The molecular formula is C17H16N4O2. The van der Waals surface area contributed by atoms with Gasteiger partial charge in [-0.05, 0) is 42.5 Å². The molecule has 1 aliphatic carbocycles. The standard InChI is InChI=1S/C17H16N4O2/c1-23-13-8-3-2-7-12(13)19-17-20-15-14(16(22)21-17)11-6-4-5-10(11)9-18-15/h2-3,7-9H,4-6H2,1H3,(H2,18,19,20,21,22). The molecule has 6 heteroatoms. The minimum atomic E-state index is -0.154. The van der Waals surface area contributed by atoms with Crippen molar-refractivity contribution in [3.63, 3.8) is 0 Å². The molecule has 0 saturated carbocycles. The molecule has 2 aromatic heterocycles. The summed E-state index contributed by atoms with van der Waals surface area (Å²) in [6, 6.07) is 7.46. The number of aromatic nitrogens is 3. The van der Waals surface area contributed by atoms with E-state index >= 15 is 0 Å². The maximum atomic E-state index is 12.5. The molecule has 23 heavy (non-hydrogen) atoms. The first-order chi connectivity index (χ1) is 11.3. The van der Waals surface area contributed by atoms with Gasteiger partial charge in [-0.3, -0.25) is 9.78 Å². The molecule has 6 nitrogen and oxygen atoms in total. The summed E-state index contributed by atoms with van der Waals surface area (Å²) in [5.41, 5.74) is 3.31. The molecular weight excluding hydrogens is 292 g/mol. The number of ether oxygens (including phenoxy) is 1. The van der Waals surface area contributed by atoms with E-state index < -0.39 is 0 Å². The lowest BCUT2D eigenvalue weighted by Crippen LogP contribution is -2.14. The third-order valence-corrected chi connectivity index (χ3v) is 4.17. The molecule has 0 spiro atoms. The summed E-state index contributed by atoms with van der Waals surface area (Å²) in [6.45, 7) is 0. The molecule has 116 valence electrons. The van der Waals surface area contributed by atoms with Crippen LogP contribution >= 0.6 is 0 Å². The van der Waals surface area contributed by atoms with Gasteiger partial charge in [-0.25, -0.2) is 4.98 Å². The number of para-hydroxylation sites is 2. The van der Waals surface area contributed by atoms with Crippen LogP contribution in [0.1, 0.15) is 17.5 Å². The number of nitrogens with one attached hydrogen (secondary N) is 2. The minimum Gasteiger partial charge on any atom is -0.495 e. The van der Waals surface area contributed by atoms with Gasteiger partial charge in [0.1, 0.15) is 5.75 Å². The largest absolute Gasteiger partial charge is 0.495 e. The number of fused-ring (bicyclic) bond motifs is 3. The highest BCUT2D eigenvalue weighted by Gasteiger charge is 2.18. The SMILES string of the molecule is COc1ccccc1Nc1nc2ncc3c(c2c(=O)[nH]1)CCC3. The highest BCUT2D eigenvalue weighted by atomic mass is 16.5. The first-order valence-electron chi connectivity index (χ1n) is 7.57. The first kappa shape index (κ1) is 13.8. The fraction of sp³-hybridized carbons (Fsp3) is 0.235. The lowest BCUT2D eigenvalue weighted by molar-refractivity contribution is 0.417. The lowest BCUT2D eigenvalue weighted by Gasteiger charge is -2.11. The van der Waals surface area contributed by atoms with Gasteiger partial charge in [0.2, 0.25) is 5.95 Å². The molecule has 0 amide bonds. The maximum absolute atomic E-state index is 12.5. The van der Waals surface area contributed by atoms with Crippen LogP contribution in [-0.4, -0.2) is 22.1 Å². The number of hydrogen-bond acceptors (Lipinski definition) is 5. The molecule has 0 atom stereocenters. The first-order valence-corrected chi connectivity index (χ1v) is 7.57. The van der Waals surface area contributed by atoms with E-state index in [4.69, 9.17) is 4.74 Å². The van der Waals surface area contributed by atoms with Crippen molar-refractivity contribution in [2.24, 2.45) is 0 Å². The summed E-state index contributed by atoms with van der Waals surface area (Å²) < 4.78 is 5.30. The maximum Gasteiger partial charge on any atom is 0.262 e. The monoisotopic (exact) mass is 308 g/mol. The molecule has 0 bridgehead atoms. The Bertz CT molecular complexity index is 949. The predicted octanol–water partition coefficient (Wildman–Crippen LogP) is 2.56. The molecule has 2 N–H and O–H groups in total. The average molecular weight is 308 g/mol. The molecule has 3 aromatic rings. The Morgan fingerprint density at radius 3 is 3.00 bits per heavy atom. The Labute approximate surface area is 132 Å². The second-order valence-electron chi connectivity index (χ2n) is 5.55. The summed E-state index contributed by atoms with van der Waals surface area (Å²) in [4.78, 5) is 24.1. The Kier molecular flexibility index (Phi) is 3.22. The van der Waals surface area contributed by atoms with E-state index in [9.17, 15) is 4.79 Å². The van der Waals surface area contributed by atoms with Gasteiger partial charge in [0.05, 0.1) is 18.2 Å². The zero-order chi connectivity index (χ0) is 15.8. The van der Waals surface area contributed by atoms with Crippen LogP contribution in [0.5, 0.6) is 5.75 Å². The second kappa shape index (κ2) is 5.39. The van der Waals surface area contributed by atoms with E-state index in [1.165, 1.54) is 0 Å².